The largest absolute Gasteiger partial charge is 0.496 e. The van der Waals surface area contributed by atoms with Crippen molar-refractivity contribution in [1.82, 2.24) is 19.4 Å². The number of benzene rings is 1. The first-order valence-electron chi connectivity index (χ1n) is 9.80. The number of aryl methyl sites for hydroxylation is 1. The molecule has 1 aromatic heterocycles. The lowest BCUT2D eigenvalue weighted by Gasteiger charge is -2.26. The lowest BCUT2D eigenvalue weighted by atomic mass is 10.1. The minimum atomic E-state index is -3.69. The monoisotopic (exact) mass is 436 g/mol. The summed E-state index contributed by atoms with van der Waals surface area (Å²) in [6.07, 6.45) is 0. The molecule has 9 nitrogen and oxygen atoms in total. The molecule has 1 fully saturated rings. The van der Waals surface area contributed by atoms with Gasteiger partial charge in [0.15, 0.2) is 0 Å². The molecule has 1 aliphatic rings. The molecule has 1 N–H and O–H groups in total. The Kier molecular flexibility index (Phi) is 6.79. The number of sulfonamides is 1. The molecule has 0 spiro atoms. The van der Waals surface area contributed by atoms with Gasteiger partial charge in [-0.2, -0.15) is 9.40 Å². The zero-order chi connectivity index (χ0) is 21.9. The third-order valence-corrected chi connectivity index (χ3v) is 7.31. The van der Waals surface area contributed by atoms with E-state index >= 15 is 0 Å². The molecule has 1 unspecified atom stereocenters. The van der Waals surface area contributed by atoms with E-state index in [1.807, 2.05) is 31.2 Å². The second kappa shape index (κ2) is 9.15. The van der Waals surface area contributed by atoms with Gasteiger partial charge in [0.2, 0.25) is 15.9 Å². The number of hydrogen-bond donors (Lipinski definition) is 1. The summed E-state index contributed by atoms with van der Waals surface area (Å²) in [5, 5.41) is 7.24. The molecule has 1 atom stereocenters. The van der Waals surface area contributed by atoms with Crippen LogP contribution < -0.4 is 10.1 Å². The minimum absolute atomic E-state index is 0.0786. The number of aromatic nitrogens is 2. The Bertz CT molecular complexity index is 1010. The molecule has 2 heterocycles. The number of amides is 1. The van der Waals surface area contributed by atoms with Crippen LogP contribution >= 0.6 is 0 Å². The standard InChI is InChI=1S/C20H28N4O5S/c1-14(17-7-5-6-8-18(17)28-4)21-19(25)13-24-16(3)20(15(2)22-24)30(26,27)23-9-11-29-12-10-23/h5-8,14H,9-13H2,1-4H3,(H,21,25). The van der Waals surface area contributed by atoms with Gasteiger partial charge in [0.1, 0.15) is 17.2 Å². The van der Waals surface area contributed by atoms with E-state index in [1.54, 1.807) is 21.0 Å². The molecule has 0 radical (unpaired) electrons. The van der Waals surface area contributed by atoms with Gasteiger partial charge in [-0.1, -0.05) is 18.2 Å². The number of nitrogens with one attached hydrogen (secondary N) is 1. The highest BCUT2D eigenvalue weighted by Gasteiger charge is 2.32. The van der Waals surface area contributed by atoms with E-state index in [0.29, 0.717) is 43.4 Å². The van der Waals surface area contributed by atoms with Gasteiger partial charge in [-0.15, -0.1) is 0 Å². The molecule has 1 saturated heterocycles. The first-order valence-corrected chi connectivity index (χ1v) is 11.2. The lowest BCUT2D eigenvalue weighted by Crippen LogP contribution is -2.41. The highest BCUT2D eigenvalue weighted by atomic mass is 32.2. The maximum Gasteiger partial charge on any atom is 0.246 e. The minimum Gasteiger partial charge on any atom is -0.496 e. The van der Waals surface area contributed by atoms with Crippen molar-refractivity contribution in [2.45, 2.75) is 38.3 Å². The Morgan fingerprint density at radius 3 is 2.60 bits per heavy atom. The predicted octanol–water partition coefficient (Wildman–Crippen LogP) is 1.41. The highest BCUT2D eigenvalue weighted by Crippen LogP contribution is 2.26. The number of para-hydroxylation sites is 1. The van der Waals surface area contributed by atoms with Crippen molar-refractivity contribution in [1.29, 1.82) is 0 Å². The van der Waals surface area contributed by atoms with Crippen molar-refractivity contribution in [2.24, 2.45) is 0 Å². The third kappa shape index (κ3) is 4.50. The zero-order valence-corrected chi connectivity index (χ0v) is 18.5. The molecule has 10 heteroatoms. The van der Waals surface area contributed by atoms with Crippen molar-refractivity contribution < 1.29 is 22.7 Å². The van der Waals surface area contributed by atoms with Gasteiger partial charge in [0.05, 0.1) is 37.8 Å². The summed E-state index contributed by atoms with van der Waals surface area (Å²) in [7, 11) is -2.11. The summed E-state index contributed by atoms with van der Waals surface area (Å²) in [5.41, 5.74) is 1.68. The van der Waals surface area contributed by atoms with Crippen molar-refractivity contribution in [3.8, 4) is 5.75 Å². The number of hydrogen-bond acceptors (Lipinski definition) is 6. The van der Waals surface area contributed by atoms with Crippen LogP contribution in [0, 0.1) is 13.8 Å². The van der Waals surface area contributed by atoms with Crippen LogP contribution in [0.2, 0.25) is 0 Å². The number of rotatable bonds is 7. The molecule has 0 bridgehead atoms. The third-order valence-electron chi connectivity index (χ3n) is 5.16. The van der Waals surface area contributed by atoms with E-state index < -0.39 is 10.0 Å². The van der Waals surface area contributed by atoms with Gasteiger partial charge in [-0.25, -0.2) is 8.42 Å². The highest BCUT2D eigenvalue weighted by molar-refractivity contribution is 7.89. The number of ether oxygens (including phenoxy) is 2. The van der Waals surface area contributed by atoms with Crippen molar-refractivity contribution >= 4 is 15.9 Å². The Morgan fingerprint density at radius 1 is 1.27 bits per heavy atom. The van der Waals surface area contributed by atoms with E-state index in [9.17, 15) is 13.2 Å². The molecule has 0 saturated carbocycles. The summed E-state index contributed by atoms with van der Waals surface area (Å²) in [6.45, 7) is 6.46. The quantitative estimate of drug-likeness (QED) is 0.704. The predicted molar refractivity (Wildman–Crippen MR) is 111 cm³/mol. The summed E-state index contributed by atoms with van der Waals surface area (Å²) in [5.74, 6) is 0.421. The molecule has 1 aromatic carbocycles. The average molecular weight is 437 g/mol. The van der Waals surface area contributed by atoms with E-state index in [0.717, 1.165) is 5.56 Å². The van der Waals surface area contributed by atoms with Crippen LogP contribution in [-0.2, 0) is 26.1 Å². The van der Waals surface area contributed by atoms with Crippen molar-refractivity contribution in [3.63, 3.8) is 0 Å². The van der Waals surface area contributed by atoms with Gasteiger partial charge in [-0.3, -0.25) is 9.48 Å². The number of morpholine rings is 1. The Morgan fingerprint density at radius 2 is 1.93 bits per heavy atom. The van der Waals surface area contributed by atoms with E-state index in [4.69, 9.17) is 9.47 Å². The second-order valence-corrected chi connectivity index (χ2v) is 9.08. The van der Waals surface area contributed by atoms with Crippen LogP contribution in [-0.4, -0.2) is 61.8 Å². The topological polar surface area (TPSA) is 103 Å². The maximum absolute atomic E-state index is 13.1. The van der Waals surface area contributed by atoms with Gasteiger partial charge in [-0.05, 0) is 26.8 Å². The Labute approximate surface area is 177 Å². The van der Waals surface area contributed by atoms with Crippen LogP contribution in [0.25, 0.3) is 0 Å². The fourth-order valence-corrected chi connectivity index (χ4v) is 5.43. The van der Waals surface area contributed by atoms with E-state index in [1.165, 1.54) is 8.99 Å². The van der Waals surface area contributed by atoms with Crippen molar-refractivity contribution in [2.75, 3.05) is 33.4 Å². The molecular formula is C20H28N4O5S. The normalized spacial score (nSPS) is 16.3. The number of carbonyl (C=O) groups is 1. The maximum atomic E-state index is 13.1. The van der Waals surface area contributed by atoms with E-state index in [2.05, 4.69) is 10.4 Å². The van der Waals surface area contributed by atoms with Gasteiger partial charge >= 0.3 is 0 Å². The van der Waals surface area contributed by atoms with Crippen LogP contribution in [0.4, 0.5) is 0 Å². The summed E-state index contributed by atoms with van der Waals surface area (Å²) in [6, 6.07) is 7.19. The first-order chi connectivity index (χ1) is 14.3. The molecule has 0 aliphatic carbocycles. The van der Waals surface area contributed by atoms with Crippen LogP contribution in [0.3, 0.4) is 0 Å². The number of methoxy groups -OCH3 is 1. The van der Waals surface area contributed by atoms with Gasteiger partial charge in [0.25, 0.3) is 0 Å². The molecule has 2 aromatic rings. The number of carbonyl (C=O) groups excluding carboxylic acids is 1. The Hall–Kier alpha value is -2.43. The summed E-state index contributed by atoms with van der Waals surface area (Å²) >= 11 is 0. The molecular weight excluding hydrogens is 408 g/mol. The molecule has 1 aliphatic heterocycles. The Balaban J connectivity index is 1.76. The van der Waals surface area contributed by atoms with Crippen molar-refractivity contribution in [3.05, 3.63) is 41.2 Å². The summed E-state index contributed by atoms with van der Waals surface area (Å²) < 4.78 is 39.6. The van der Waals surface area contributed by atoms with Crippen LogP contribution in [0.1, 0.15) is 29.9 Å². The fraction of sp³-hybridized carbons (Fsp3) is 0.500. The smallest absolute Gasteiger partial charge is 0.246 e. The molecule has 164 valence electrons. The SMILES string of the molecule is COc1ccccc1C(C)NC(=O)Cn1nc(C)c(S(=O)(=O)N2CCOCC2)c1C. The van der Waals surface area contributed by atoms with Gasteiger partial charge in [0, 0.05) is 18.7 Å². The van der Waals surface area contributed by atoms with Crippen LogP contribution in [0.15, 0.2) is 29.2 Å². The van der Waals surface area contributed by atoms with E-state index in [-0.39, 0.29) is 23.4 Å². The lowest BCUT2D eigenvalue weighted by molar-refractivity contribution is -0.122. The van der Waals surface area contributed by atoms with Gasteiger partial charge < -0.3 is 14.8 Å². The second-order valence-electron chi connectivity index (χ2n) is 7.21. The summed E-state index contributed by atoms with van der Waals surface area (Å²) in [4.78, 5) is 12.8. The first kappa shape index (κ1) is 22.3. The zero-order valence-electron chi connectivity index (χ0n) is 17.7. The average Bonchev–Trinajstić information content (AvgIpc) is 3.01. The molecule has 1 amide bonds. The molecule has 30 heavy (non-hydrogen) atoms. The molecule has 3 rings (SSSR count). The van der Waals surface area contributed by atoms with Crippen LogP contribution in [0.5, 0.6) is 5.75 Å². The fourth-order valence-electron chi connectivity index (χ4n) is 3.65. The number of nitrogens with zero attached hydrogens (tertiary/aromatic N) is 3.